The summed E-state index contributed by atoms with van der Waals surface area (Å²) in [7, 11) is 0. The highest BCUT2D eigenvalue weighted by Crippen LogP contribution is 2.30. The predicted molar refractivity (Wildman–Crippen MR) is 86.5 cm³/mol. The summed E-state index contributed by atoms with van der Waals surface area (Å²) in [5.41, 5.74) is 3.38. The van der Waals surface area contributed by atoms with Crippen LogP contribution in [0.15, 0.2) is 18.2 Å². The van der Waals surface area contributed by atoms with E-state index in [1.54, 1.807) is 0 Å². The number of aryl methyl sites for hydroxylation is 2. The van der Waals surface area contributed by atoms with Crippen LogP contribution >= 0.6 is 0 Å². The fourth-order valence-electron chi connectivity index (χ4n) is 3.16. The van der Waals surface area contributed by atoms with E-state index in [4.69, 9.17) is 4.74 Å². The minimum atomic E-state index is -0.306. The number of para-hydroxylation sites is 1. The Morgan fingerprint density at radius 2 is 1.90 bits per heavy atom. The van der Waals surface area contributed by atoms with Crippen molar-refractivity contribution in [2.24, 2.45) is 11.8 Å². The van der Waals surface area contributed by atoms with Crippen LogP contribution in [0.25, 0.3) is 0 Å². The monoisotopic (exact) mass is 289 g/mol. The Bertz CT molecular complexity index is 474. The van der Waals surface area contributed by atoms with E-state index in [1.165, 1.54) is 11.1 Å². The Hall–Kier alpha value is -1.35. The molecule has 0 bridgehead atoms. The zero-order chi connectivity index (χ0) is 15.4. The lowest BCUT2D eigenvalue weighted by atomic mass is 9.89. The van der Waals surface area contributed by atoms with Gasteiger partial charge in [0.25, 0.3) is 5.91 Å². The molecule has 116 valence electrons. The van der Waals surface area contributed by atoms with Gasteiger partial charge in [0.15, 0.2) is 0 Å². The Morgan fingerprint density at radius 1 is 1.29 bits per heavy atom. The van der Waals surface area contributed by atoms with E-state index in [2.05, 4.69) is 51.2 Å². The predicted octanol–water partition coefficient (Wildman–Crippen LogP) is 3.81. The first-order valence-corrected chi connectivity index (χ1v) is 8.11. The molecule has 1 aromatic carbocycles. The molecule has 1 N–H and O–H groups in total. The van der Waals surface area contributed by atoms with Crippen LogP contribution in [-0.4, -0.2) is 18.6 Å². The second kappa shape index (κ2) is 7.08. The van der Waals surface area contributed by atoms with Gasteiger partial charge in [0.2, 0.25) is 0 Å². The van der Waals surface area contributed by atoms with Gasteiger partial charge in [-0.1, -0.05) is 45.9 Å². The molecule has 0 radical (unpaired) electrons. The molecule has 0 spiro atoms. The van der Waals surface area contributed by atoms with E-state index < -0.39 is 0 Å². The first-order valence-electron chi connectivity index (χ1n) is 8.11. The van der Waals surface area contributed by atoms with E-state index in [1.807, 2.05) is 0 Å². The first kappa shape index (κ1) is 16.0. The molecule has 2 rings (SSSR count). The lowest BCUT2D eigenvalue weighted by Crippen LogP contribution is -2.35. The largest absolute Gasteiger partial charge is 0.368 e. The van der Waals surface area contributed by atoms with Gasteiger partial charge >= 0.3 is 0 Å². The molecule has 0 aromatic heterocycles. The summed E-state index contributed by atoms with van der Waals surface area (Å²) >= 11 is 0. The smallest absolute Gasteiger partial charge is 0.253 e. The van der Waals surface area contributed by atoms with E-state index in [-0.39, 0.29) is 12.0 Å². The highest BCUT2D eigenvalue weighted by atomic mass is 16.5. The number of benzene rings is 1. The van der Waals surface area contributed by atoms with Gasteiger partial charge < -0.3 is 10.1 Å². The highest BCUT2D eigenvalue weighted by molar-refractivity contribution is 5.96. The van der Waals surface area contributed by atoms with E-state index >= 15 is 0 Å². The Balaban J connectivity index is 2.19. The van der Waals surface area contributed by atoms with E-state index in [9.17, 15) is 4.79 Å². The number of ether oxygens (including phenoxy) is 1. The third kappa shape index (κ3) is 3.46. The number of hydrogen-bond donors (Lipinski definition) is 1. The molecular weight excluding hydrogens is 262 g/mol. The number of anilines is 1. The van der Waals surface area contributed by atoms with E-state index in [0.29, 0.717) is 18.4 Å². The summed E-state index contributed by atoms with van der Waals surface area (Å²) in [4.78, 5) is 12.6. The number of carbonyl (C=O) groups is 1. The summed E-state index contributed by atoms with van der Waals surface area (Å²) in [6.45, 7) is 9.26. The minimum Gasteiger partial charge on any atom is -0.368 e. The fourth-order valence-corrected chi connectivity index (χ4v) is 3.16. The molecule has 1 aromatic rings. The third-order valence-corrected chi connectivity index (χ3v) is 4.50. The first-order chi connectivity index (χ1) is 10.1. The number of nitrogens with one attached hydrogen (secondary N) is 1. The summed E-state index contributed by atoms with van der Waals surface area (Å²) < 4.78 is 5.70. The highest BCUT2D eigenvalue weighted by Gasteiger charge is 2.36. The van der Waals surface area contributed by atoms with Crippen molar-refractivity contribution in [2.45, 2.75) is 53.1 Å². The molecule has 1 fully saturated rings. The zero-order valence-electron chi connectivity index (χ0n) is 13.6. The van der Waals surface area contributed by atoms with Crippen LogP contribution in [0.3, 0.4) is 0 Å². The van der Waals surface area contributed by atoms with Crippen molar-refractivity contribution in [3.63, 3.8) is 0 Å². The van der Waals surface area contributed by atoms with Crippen LogP contribution in [0, 0.1) is 11.8 Å². The van der Waals surface area contributed by atoms with Gasteiger partial charge in [-0.15, -0.1) is 0 Å². The van der Waals surface area contributed by atoms with Gasteiger partial charge in [-0.05, 0) is 42.2 Å². The Kier molecular flexibility index (Phi) is 5.40. The van der Waals surface area contributed by atoms with Crippen LogP contribution < -0.4 is 5.32 Å². The van der Waals surface area contributed by atoms with Crippen LogP contribution in [0.2, 0.25) is 0 Å². The van der Waals surface area contributed by atoms with E-state index in [0.717, 1.165) is 24.9 Å². The molecular formula is C18H27NO2. The van der Waals surface area contributed by atoms with Crippen molar-refractivity contribution in [2.75, 3.05) is 11.9 Å². The quantitative estimate of drug-likeness (QED) is 0.895. The number of rotatable bonds is 5. The number of amides is 1. The second-order valence-electron chi connectivity index (χ2n) is 6.14. The van der Waals surface area contributed by atoms with Gasteiger partial charge in [-0.25, -0.2) is 0 Å². The van der Waals surface area contributed by atoms with Crippen molar-refractivity contribution in [3.8, 4) is 0 Å². The lowest BCUT2D eigenvalue weighted by molar-refractivity contribution is -0.127. The molecule has 0 unspecified atom stereocenters. The Labute approximate surface area is 128 Å². The van der Waals surface area contributed by atoms with Gasteiger partial charge in [0.05, 0.1) is 0 Å². The van der Waals surface area contributed by atoms with Crippen molar-refractivity contribution >= 4 is 11.6 Å². The van der Waals surface area contributed by atoms with Crippen molar-refractivity contribution < 1.29 is 9.53 Å². The minimum absolute atomic E-state index is 0.0156. The van der Waals surface area contributed by atoms with Gasteiger partial charge in [0.1, 0.15) is 6.10 Å². The van der Waals surface area contributed by atoms with Crippen LogP contribution in [0.5, 0.6) is 0 Å². The molecule has 21 heavy (non-hydrogen) atoms. The van der Waals surface area contributed by atoms with Crippen LogP contribution in [0.4, 0.5) is 5.69 Å². The summed E-state index contributed by atoms with van der Waals surface area (Å²) in [5, 5.41) is 3.14. The van der Waals surface area contributed by atoms with Gasteiger partial charge in [0, 0.05) is 12.3 Å². The number of carbonyl (C=O) groups excluding carboxylic acids is 1. The van der Waals surface area contributed by atoms with Crippen LogP contribution in [-0.2, 0) is 22.4 Å². The molecule has 1 aliphatic heterocycles. The molecule has 0 saturated carbocycles. The molecule has 1 saturated heterocycles. The van der Waals surface area contributed by atoms with Gasteiger partial charge in [-0.2, -0.15) is 0 Å². The number of hydrogen-bond acceptors (Lipinski definition) is 2. The molecule has 3 nitrogen and oxygen atoms in total. The summed E-state index contributed by atoms with van der Waals surface area (Å²) in [6, 6.07) is 6.24. The fraction of sp³-hybridized carbons (Fsp3) is 0.611. The molecule has 2 atom stereocenters. The Morgan fingerprint density at radius 3 is 2.43 bits per heavy atom. The molecule has 1 heterocycles. The topological polar surface area (TPSA) is 38.3 Å². The average molecular weight is 289 g/mol. The van der Waals surface area contributed by atoms with Crippen molar-refractivity contribution in [3.05, 3.63) is 29.3 Å². The average Bonchev–Trinajstić information content (AvgIpc) is 2.97. The zero-order valence-corrected chi connectivity index (χ0v) is 13.6. The van der Waals surface area contributed by atoms with Crippen molar-refractivity contribution in [1.82, 2.24) is 0 Å². The summed E-state index contributed by atoms with van der Waals surface area (Å²) in [6.07, 6.45) is 2.51. The molecule has 1 aliphatic rings. The maximum atomic E-state index is 12.6. The van der Waals surface area contributed by atoms with Crippen LogP contribution in [0.1, 0.15) is 45.2 Å². The second-order valence-corrected chi connectivity index (χ2v) is 6.14. The van der Waals surface area contributed by atoms with Gasteiger partial charge in [-0.3, -0.25) is 4.79 Å². The standard InChI is InChI=1S/C18H27NO2/c1-5-13-8-7-9-14(6-2)16(13)19-18(20)17-15(12(3)4)10-11-21-17/h7-9,12,15,17H,5-6,10-11H2,1-4H3,(H,19,20)/t15-,17-/m1/s1. The molecule has 1 amide bonds. The lowest BCUT2D eigenvalue weighted by Gasteiger charge is -2.22. The SMILES string of the molecule is CCc1cccc(CC)c1NC(=O)[C@@H]1OCC[C@@H]1C(C)C. The molecule has 3 heteroatoms. The maximum absolute atomic E-state index is 12.6. The third-order valence-electron chi connectivity index (χ3n) is 4.50. The summed E-state index contributed by atoms with van der Waals surface area (Å²) in [5.74, 6) is 0.806. The molecule has 0 aliphatic carbocycles. The normalized spacial score (nSPS) is 21.8. The maximum Gasteiger partial charge on any atom is 0.253 e. The van der Waals surface area contributed by atoms with Crippen molar-refractivity contribution in [1.29, 1.82) is 0 Å².